The molecule has 1 aromatic heterocycles. The monoisotopic (exact) mass is 598 g/mol. The number of hydrogen-bond donors (Lipinski definition) is 1. The number of hydrogen-bond acceptors (Lipinski definition) is 10. The molecule has 0 aliphatic carbocycles. The van der Waals surface area contributed by atoms with Crippen LogP contribution in [-0.2, 0) is 11.2 Å². The first kappa shape index (κ1) is 30.5. The van der Waals surface area contributed by atoms with Crippen LogP contribution in [0.15, 0.2) is 18.2 Å². The molecule has 0 atom stereocenters. The van der Waals surface area contributed by atoms with Gasteiger partial charge in [-0.15, -0.1) is 23.4 Å². The highest BCUT2D eigenvalue weighted by atomic mass is 32.1. The van der Waals surface area contributed by atoms with Crippen molar-refractivity contribution in [3.63, 3.8) is 0 Å². The second-order valence-electron chi connectivity index (χ2n) is 10.1. The van der Waals surface area contributed by atoms with Crippen molar-refractivity contribution in [3.05, 3.63) is 28.8 Å². The van der Waals surface area contributed by atoms with E-state index in [1.165, 1.54) is 28.4 Å². The molecule has 0 bridgehead atoms. The standard InChI is InChI=1S/C25H33F3N8O4S/c1-32(2)24(39)36-12-10-35(11-13-36)23-31-30-22(41-23)15-19(37)17-4-5-20(40-25(26,27)28)18(14-17)29-21(38)16-34-8-6-33(3)7-9-34/h4-5,14H,6-13,15-16H2,1-3H3,(H,29,38). The summed E-state index contributed by atoms with van der Waals surface area (Å²) in [5.74, 6) is -1.51. The zero-order chi connectivity index (χ0) is 29.7. The van der Waals surface area contributed by atoms with E-state index in [-0.39, 0.29) is 30.2 Å². The lowest BCUT2D eigenvalue weighted by Crippen LogP contribution is -2.51. The molecule has 1 aromatic carbocycles. The van der Waals surface area contributed by atoms with Crippen LogP contribution >= 0.6 is 11.3 Å². The number of Topliss-reactive ketones (excluding diaryl/α,β-unsaturated/α-hetero) is 1. The van der Waals surface area contributed by atoms with Gasteiger partial charge in [-0.3, -0.25) is 14.5 Å². The van der Waals surface area contributed by atoms with Crippen LogP contribution in [0.25, 0.3) is 0 Å². The van der Waals surface area contributed by atoms with Gasteiger partial charge in [-0.25, -0.2) is 4.79 Å². The van der Waals surface area contributed by atoms with Crippen molar-refractivity contribution in [1.29, 1.82) is 0 Å². The number of alkyl halides is 3. The third-order valence-corrected chi connectivity index (χ3v) is 7.72. The summed E-state index contributed by atoms with van der Waals surface area (Å²) in [6.07, 6.45) is -5.10. The fourth-order valence-electron chi connectivity index (χ4n) is 4.47. The van der Waals surface area contributed by atoms with E-state index in [2.05, 4.69) is 25.2 Å². The second-order valence-corrected chi connectivity index (χ2v) is 11.2. The minimum atomic E-state index is -4.98. The van der Waals surface area contributed by atoms with E-state index in [1.54, 1.807) is 19.0 Å². The van der Waals surface area contributed by atoms with Gasteiger partial charge in [0.25, 0.3) is 0 Å². The van der Waals surface area contributed by atoms with Crippen molar-refractivity contribution >= 4 is 39.9 Å². The molecule has 3 amide bonds. The summed E-state index contributed by atoms with van der Waals surface area (Å²) in [7, 11) is 5.37. The Labute approximate surface area is 239 Å². The van der Waals surface area contributed by atoms with Gasteiger partial charge in [0.1, 0.15) is 5.01 Å². The second kappa shape index (κ2) is 13.0. The molecule has 0 radical (unpaired) electrons. The maximum absolute atomic E-state index is 13.1. The molecule has 1 N–H and O–H groups in total. The quantitative estimate of drug-likeness (QED) is 0.455. The predicted octanol–water partition coefficient (Wildman–Crippen LogP) is 1.85. The Balaban J connectivity index is 1.40. The Hall–Kier alpha value is -3.50. The molecule has 224 valence electrons. The molecular weight excluding hydrogens is 565 g/mol. The predicted molar refractivity (Wildman–Crippen MR) is 147 cm³/mol. The highest BCUT2D eigenvalue weighted by Gasteiger charge is 2.33. The lowest BCUT2D eigenvalue weighted by atomic mass is 10.1. The number of rotatable bonds is 8. The van der Waals surface area contributed by atoms with Gasteiger partial charge in [-0.2, -0.15) is 0 Å². The van der Waals surface area contributed by atoms with Crippen LogP contribution in [0.5, 0.6) is 5.75 Å². The maximum atomic E-state index is 13.1. The molecule has 16 heteroatoms. The summed E-state index contributed by atoms with van der Waals surface area (Å²) in [4.78, 5) is 47.2. The first-order valence-corrected chi connectivity index (χ1v) is 13.9. The average molecular weight is 599 g/mol. The van der Waals surface area contributed by atoms with Gasteiger partial charge in [-0.05, 0) is 25.2 Å². The summed E-state index contributed by atoms with van der Waals surface area (Å²) >= 11 is 1.24. The van der Waals surface area contributed by atoms with Crippen molar-refractivity contribution in [3.8, 4) is 5.75 Å². The number of carbonyl (C=O) groups is 3. The molecule has 2 aromatic rings. The van der Waals surface area contributed by atoms with Crippen molar-refractivity contribution < 1.29 is 32.3 Å². The lowest BCUT2D eigenvalue weighted by Gasteiger charge is -2.35. The number of nitrogens with one attached hydrogen (secondary N) is 1. The van der Waals surface area contributed by atoms with Crippen LogP contribution in [0.4, 0.5) is 28.8 Å². The van der Waals surface area contributed by atoms with Gasteiger partial charge in [-0.1, -0.05) is 11.3 Å². The first-order valence-electron chi connectivity index (χ1n) is 13.1. The van der Waals surface area contributed by atoms with Crippen LogP contribution in [0, 0.1) is 0 Å². The van der Waals surface area contributed by atoms with Crippen LogP contribution in [0.1, 0.15) is 15.4 Å². The zero-order valence-electron chi connectivity index (χ0n) is 23.1. The molecule has 12 nitrogen and oxygen atoms in total. The fourth-order valence-corrected chi connectivity index (χ4v) is 5.36. The number of ether oxygens (including phenoxy) is 1. The van der Waals surface area contributed by atoms with Crippen molar-refractivity contribution in [1.82, 2.24) is 29.8 Å². The van der Waals surface area contributed by atoms with E-state index >= 15 is 0 Å². The molecule has 3 heterocycles. The highest BCUT2D eigenvalue weighted by Crippen LogP contribution is 2.32. The third-order valence-electron chi connectivity index (χ3n) is 6.74. The minimum Gasteiger partial charge on any atom is -0.404 e. The van der Waals surface area contributed by atoms with Crippen LogP contribution < -0.4 is 15.0 Å². The van der Waals surface area contributed by atoms with Gasteiger partial charge in [0, 0.05) is 72.0 Å². The summed E-state index contributed by atoms with van der Waals surface area (Å²) in [5, 5.41) is 11.8. The van der Waals surface area contributed by atoms with Crippen LogP contribution in [0.3, 0.4) is 0 Å². The lowest BCUT2D eigenvalue weighted by molar-refractivity contribution is -0.274. The molecule has 0 unspecified atom stereocenters. The molecule has 0 saturated carbocycles. The van der Waals surface area contributed by atoms with E-state index in [4.69, 9.17) is 0 Å². The number of piperazine rings is 2. The average Bonchev–Trinajstić information content (AvgIpc) is 3.38. The number of amides is 3. The summed E-state index contributed by atoms with van der Waals surface area (Å²) in [5.41, 5.74) is -0.141. The Morgan fingerprint density at radius 2 is 1.71 bits per heavy atom. The van der Waals surface area contributed by atoms with Gasteiger partial charge in [0.15, 0.2) is 11.5 Å². The number of carbonyl (C=O) groups excluding carboxylic acids is 3. The summed E-state index contributed by atoms with van der Waals surface area (Å²) in [6, 6.07) is 3.37. The van der Waals surface area contributed by atoms with Gasteiger partial charge in [0.2, 0.25) is 11.0 Å². The van der Waals surface area contributed by atoms with E-state index in [1.807, 2.05) is 16.8 Å². The van der Waals surface area contributed by atoms with Crippen molar-refractivity contribution in [2.75, 3.05) is 90.3 Å². The zero-order valence-corrected chi connectivity index (χ0v) is 23.9. The third kappa shape index (κ3) is 8.50. The summed E-state index contributed by atoms with van der Waals surface area (Å²) < 4.78 is 43.1. The normalized spacial score (nSPS) is 16.9. The Morgan fingerprint density at radius 1 is 1.02 bits per heavy atom. The van der Waals surface area contributed by atoms with E-state index in [0.29, 0.717) is 49.4 Å². The minimum absolute atomic E-state index is 0.00258. The number of anilines is 2. The number of nitrogens with zero attached hydrogens (tertiary/aromatic N) is 7. The molecule has 41 heavy (non-hydrogen) atoms. The molecule has 2 aliphatic heterocycles. The number of likely N-dealkylation sites (N-methyl/N-ethyl adjacent to an activating group) is 1. The van der Waals surface area contributed by atoms with Gasteiger partial charge < -0.3 is 29.7 Å². The Bertz CT molecular complexity index is 1240. The molecule has 4 rings (SSSR count). The van der Waals surface area contributed by atoms with Crippen LogP contribution in [-0.4, -0.2) is 134 Å². The Morgan fingerprint density at radius 3 is 2.34 bits per heavy atom. The first-order chi connectivity index (χ1) is 19.4. The maximum Gasteiger partial charge on any atom is 0.573 e. The van der Waals surface area contributed by atoms with Gasteiger partial charge >= 0.3 is 12.4 Å². The smallest absolute Gasteiger partial charge is 0.404 e. The van der Waals surface area contributed by atoms with Crippen molar-refractivity contribution in [2.45, 2.75) is 12.8 Å². The van der Waals surface area contributed by atoms with E-state index < -0.39 is 23.8 Å². The topological polar surface area (TPSA) is 114 Å². The van der Waals surface area contributed by atoms with Crippen molar-refractivity contribution in [2.24, 2.45) is 0 Å². The number of aromatic nitrogens is 2. The Kier molecular flexibility index (Phi) is 9.65. The number of halogens is 3. The van der Waals surface area contributed by atoms with Gasteiger partial charge in [0.05, 0.1) is 18.7 Å². The largest absolute Gasteiger partial charge is 0.573 e. The number of urea groups is 1. The molecule has 2 fully saturated rings. The number of benzene rings is 1. The molecular formula is C25H33F3N8O4S. The SMILES string of the molecule is CN1CCN(CC(=O)Nc2cc(C(=O)Cc3nnc(N4CCN(C(=O)N(C)C)CC4)s3)ccc2OC(F)(F)F)CC1. The number of ketones is 1. The molecule has 0 spiro atoms. The van der Waals surface area contributed by atoms with Crippen LogP contribution in [0.2, 0.25) is 0 Å². The highest BCUT2D eigenvalue weighted by molar-refractivity contribution is 7.15. The van der Waals surface area contributed by atoms with E-state index in [9.17, 15) is 27.6 Å². The van der Waals surface area contributed by atoms with E-state index in [0.717, 1.165) is 19.2 Å². The fraction of sp³-hybridized carbons (Fsp3) is 0.560. The molecule has 2 saturated heterocycles. The molecule has 2 aliphatic rings. The summed E-state index contributed by atoms with van der Waals surface area (Å²) in [6.45, 7) is 5.06.